The van der Waals surface area contributed by atoms with Crippen LogP contribution in [0.2, 0.25) is 0 Å². The molecule has 0 saturated heterocycles. The quantitative estimate of drug-likeness (QED) is 0.497. The van der Waals surface area contributed by atoms with E-state index in [1.54, 1.807) is 7.11 Å². The highest BCUT2D eigenvalue weighted by atomic mass is 16.5. The molecule has 1 heterocycles. The third kappa shape index (κ3) is 4.04. The second-order valence-electron chi connectivity index (χ2n) is 9.93. The number of fused-ring (bicyclic) bond motifs is 3. The van der Waals surface area contributed by atoms with Crippen LogP contribution in [0.3, 0.4) is 0 Å². The molecule has 0 spiro atoms. The number of benzene rings is 1. The van der Waals surface area contributed by atoms with Gasteiger partial charge >= 0.3 is 6.02 Å². The van der Waals surface area contributed by atoms with Crippen LogP contribution < -0.4 is 5.32 Å². The molecule has 6 rings (SSSR count). The number of methoxy groups -OCH3 is 1. The maximum atomic E-state index is 8.21. The highest BCUT2D eigenvalue weighted by Crippen LogP contribution is 2.57. The van der Waals surface area contributed by atoms with Crippen molar-refractivity contribution in [2.45, 2.75) is 58.3 Å². The van der Waals surface area contributed by atoms with E-state index in [0.29, 0.717) is 29.7 Å². The third-order valence-corrected chi connectivity index (χ3v) is 8.06. The number of hydrogen-bond acceptors (Lipinski definition) is 5. The summed E-state index contributed by atoms with van der Waals surface area (Å²) in [5.41, 5.74) is 5.09. The lowest BCUT2D eigenvalue weighted by Crippen LogP contribution is -2.48. The van der Waals surface area contributed by atoms with Crippen molar-refractivity contribution in [1.82, 2.24) is 0 Å². The van der Waals surface area contributed by atoms with Crippen LogP contribution in [0.5, 0.6) is 0 Å². The Balaban J connectivity index is 1.20. The first-order valence-electron chi connectivity index (χ1n) is 11.7. The second kappa shape index (κ2) is 7.88. The minimum atomic E-state index is 0.253. The van der Waals surface area contributed by atoms with Gasteiger partial charge in [-0.2, -0.15) is 4.99 Å². The highest BCUT2D eigenvalue weighted by Gasteiger charge is 2.50. The Labute approximate surface area is 184 Å². The standard InChI is InChI=1S/C25H33N5O/c1-17(29-22(26)18-6-7-18)25-11-8-24(9-12-25,10-13-25)16-28-20-5-3-4-19(14-20)21-15-27-23(30-21)31-2/h3-5,14,18,26,28H,6-13,15-16H2,1-2H3. The SMILES string of the molecule is COC1=NCC(c2cccc(NCC34CCC(C(C)=NC(=N)C5CC5)(CC3)CC4)c2)=N1. The summed E-state index contributed by atoms with van der Waals surface area (Å²) in [5.74, 6) is 1.08. The first kappa shape index (κ1) is 20.4. The Hall–Kier alpha value is -2.50. The monoisotopic (exact) mass is 419 g/mol. The zero-order valence-electron chi connectivity index (χ0n) is 18.7. The Bertz CT molecular complexity index is 947. The van der Waals surface area contributed by atoms with Crippen LogP contribution >= 0.6 is 0 Å². The predicted octanol–water partition coefficient (Wildman–Crippen LogP) is 5.09. The molecule has 0 atom stereocenters. The lowest BCUT2D eigenvalue weighted by atomic mass is 9.52. The fourth-order valence-corrected chi connectivity index (χ4v) is 5.51. The predicted molar refractivity (Wildman–Crippen MR) is 127 cm³/mol. The summed E-state index contributed by atoms with van der Waals surface area (Å²) in [6.07, 6.45) is 9.73. The Morgan fingerprint density at radius 1 is 1.19 bits per heavy atom. The first-order chi connectivity index (χ1) is 15.0. The van der Waals surface area contributed by atoms with E-state index in [2.05, 4.69) is 46.5 Å². The largest absolute Gasteiger partial charge is 0.467 e. The van der Waals surface area contributed by atoms with Gasteiger partial charge < -0.3 is 10.1 Å². The van der Waals surface area contributed by atoms with Gasteiger partial charge in [0.25, 0.3) is 0 Å². The van der Waals surface area contributed by atoms with Crippen LogP contribution in [0.25, 0.3) is 0 Å². The molecule has 2 bridgehead atoms. The molecule has 2 N–H and O–H groups in total. The van der Waals surface area contributed by atoms with Gasteiger partial charge in [0.1, 0.15) is 5.84 Å². The molecule has 4 fully saturated rings. The third-order valence-electron chi connectivity index (χ3n) is 8.06. The van der Waals surface area contributed by atoms with E-state index in [4.69, 9.17) is 15.1 Å². The Morgan fingerprint density at radius 3 is 2.58 bits per heavy atom. The smallest absolute Gasteiger partial charge is 0.312 e. The minimum absolute atomic E-state index is 0.253. The lowest BCUT2D eigenvalue weighted by molar-refractivity contribution is 0.0435. The first-order valence-corrected chi connectivity index (χ1v) is 11.7. The van der Waals surface area contributed by atoms with E-state index in [1.165, 1.54) is 44.2 Å². The van der Waals surface area contributed by atoms with Crippen LogP contribution in [0.1, 0.15) is 63.9 Å². The summed E-state index contributed by atoms with van der Waals surface area (Å²) in [4.78, 5) is 13.5. The molecule has 1 aliphatic heterocycles. The van der Waals surface area contributed by atoms with Crippen LogP contribution in [-0.4, -0.2) is 43.5 Å². The van der Waals surface area contributed by atoms with Gasteiger partial charge in [-0.1, -0.05) is 12.1 Å². The lowest BCUT2D eigenvalue weighted by Gasteiger charge is -2.53. The van der Waals surface area contributed by atoms with Gasteiger partial charge in [-0.3, -0.25) is 5.41 Å². The van der Waals surface area contributed by atoms with Crippen molar-refractivity contribution in [3.63, 3.8) is 0 Å². The molecule has 4 saturated carbocycles. The molecule has 4 aliphatic carbocycles. The van der Waals surface area contributed by atoms with Crippen molar-refractivity contribution in [3.05, 3.63) is 29.8 Å². The number of rotatable bonds is 6. The zero-order chi connectivity index (χ0) is 21.5. The molecular formula is C25H33N5O. The fraction of sp³-hybridized carbons (Fsp3) is 0.600. The van der Waals surface area contributed by atoms with Gasteiger partial charge in [0.05, 0.1) is 19.4 Å². The van der Waals surface area contributed by atoms with E-state index in [0.717, 1.165) is 36.3 Å². The number of nitrogens with zero attached hydrogens (tertiary/aromatic N) is 3. The molecule has 1 aromatic carbocycles. The van der Waals surface area contributed by atoms with Crippen LogP contribution in [0, 0.1) is 22.2 Å². The van der Waals surface area contributed by atoms with Crippen molar-refractivity contribution in [1.29, 1.82) is 5.41 Å². The molecule has 5 aliphatic rings. The molecule has 0 radical (unpaired) electrons. The van der Waals surface area contributed by atoms with E-state index >= 15 is 0 Å². The van der Waals surface area contributed by atoms with Gasteiger partial charge in [0.15, 0.2) is 0 Å². The highest BCUT2D eigenvalue weighted by molar-refractivity contribution is 6.11. The fourth-order valence-electron chi connectivity index (χ4n) is 5.51. The number of amidine groups is 2. The summed E-state index contributed by atoms with van der Waals surface area (Å²) < 4.78 is 5.14. The van der Waals surface area contributed by atoms with E-state index in [1.807, 2.05) is 0 Å². The van der Waals surface area contributed by atoms with Crippen molar-refractivity contribution in [2.75, 3.05) is 25.5 Å². The summed E-state index contributed by atoms with van der Waals surface area (Å²) in [6, 6.07) is 8.97. The normalized spacial score (nSPS) is 30.1. The molecule has 164 valence electrons. The van der Waals surface area contributed by atoms with E-state index < -0.39 is 0 Å². The van der Waals surface area contributed by atoms with Crippen molar-refractivity contribution in [3.8, 4) is 0 Å². The number of ether oxygens (including phenoxy) is 1. The zero-order valence-corrected chi connectivity index (χ0v) is 18.7. The number of hydrogen-bond donors (Lipinski definition) is 2. The Kier molecular flexibility index (Phi) is 5.19. The van der Waals surface area contributed by atoms with Gasteiger partial charge in [0, 0.05) is 34.8 Å². The van der Waals surface area contributed by atoms with Gasteiger partial charge in [-0.25, -0.2) is 9.98 Å². The minimum Gasteiger partial charge on any atom is -0.467 e. The number of aliphatic imine (C=N–C) groups is 3. The summed E-state index contributed by atoms with van der Waals surface area (Å²) >= 11 is 0. The average molecular weight is 420 g/mol. The van der Waals surface area contributed by atoms with Gasteiger partial charge in [-0.15, -0.1) is 0 Å². The van der Waals surface area contributed by atoms with E-state index in [-0.39, 0.29) is 5.41 Å². The van der Waals surface area contributed by atoms with Crippen molar-refractivity contribution >= 4 is 29.0 Å². The maximum Gasteiger partial charge on any atom is 0.312 e. The van der Waals surface area contributed by atoms with Crippen molar-refractivity contribution in [2.24, 2.45) is 31.7 Å². The average Bonchev–Trinajstić information content (AvgIpc) is 3.56. The van der Waals surface area contributed by atoms with Gasteiger partial charge in [0.2, 0.25) is 0 Å². The molecule has 6 heteroatoms. The molecule has 6 nitrogen and oxygen atoms in total. The molecule has 0 unspecified atom stereocenters. The van der Waals surface area contributed by atoms with Crippen LogP contribution in [0.4, 0.5) is 5.69 Å². The summed E-state index contributed by atoms with van der Waals surface area (Å²) in [7, 11) is 1.61. The van der Waals surface area contributed by atoms with E-state index in [9.17, 15) is 0 Å². The summed E-state index contributed by atoms with van der Waals surface area (Å²) in [6.45, 7) is 3.79. The second-order valence-corrected chi connectivity index (χ2v) is 9.93. The molecule has 0 amide bonds. The number of anilines is 1. The maximum absolute atomic E-state index is 8.21. The van der Waals surface area contributed by atoms with Crippen molar-refractivity contribution < 1.29 is 4.74 Å². The molecule has 1 aromatic rings. The molecular weight excluding hydrogens is 386 g/mol. The van der Waals surface area contributed by atoms with Crippen LogP contribution in [0.15, 0.2) is 39.2 Å². The topological polar surface area (TPSA) is 82.2 Å². The summed E-state index contributed by atoms with van der Waals surface area (Å²) in [5, 5.41) is 11.9. The number of nitrogens with one attached hydrogen (secondary N) is 2. The molecule has 31 heavy (non-hydrogen) atoms. The van der Waals surface area contributed by atoms with Gasteiger partial charge in [-0.05, 0) is 75.8 Å². The Morgan fingerprint density at radius 2 is 1.94 bits per heavy atom. The van der Waals surface area contributed by atoms with Crippen LogP contribution in [-0.2, 0) is 4.74 Å². The molecule has 0 aromatic heterocycles.